The van der Waals surface area contributed by atoms with Crippen LogP contribution in [-0.2, 0) is 16.0 Å². The summed E-state index contributed by atoms with van der Waals surface area (Å²) >= 11 is 0. The molecule has 2 aliphatic heterocycles. The number of nitrogens with zero attached hydrogens (tertiary/aromatic N) is 2. The molecule has 24 heavy (non-hydrogen) atoms. The molecule has 0 aliphatic carbocycles. The minimum Gasteiger partial charge on any atom is -0.342 e. The molecule has 1 aromatic rings. The number of carbonyl (C=O) groups excluding carboxylic acids is 2. The molecule has 5 heteroatoms. The molecule has 4 nitrogen and oxygen atoms in total. The quantitative estimate of drug-likeness (QED) is 0.835. The molecule has 1 unspecified atom stereocenters. The summed E-state index contributed by atoms with van der Waals surface area (Å²) in [5.74, 6) is -0.188. The Kier molecular flexibility index (Phi) is 4.88. The standard InChI is InChI=1S/C19H25FN2O2/c1-3-17(23)21-8-4-7-15(12-21)19(24)22-9-5-6-14-11-16(20)10-13(2)18(14)22/h10-11,15H,3-9,12H2,1-2H3. The van der Waals surface area contributed by atoms with Crippen LogP contribution >= 0.6 is 0 Å². The third-order valence-electron chi connectivity index (χ3n) is 5.13. The molecule has 2 aliphatic rings. The summed E-state index contributed by atoms with van der Waals surface area (Å²) in [6.45, 7) is 5.65. The molecule has 0 saturated carbocycles. The Bertz CT molecular complexity index is 659. The van der Waals surface area contributed by atoms with Gasteiger partial charge in [0.1, 0.15) is 5.82 Å². The van der Waals surface area contributed by atoms with E-state index in [0.717, 1.165) is 49.0 Å². The van der Waals surface area contributed by atoms with E-state index in [1.54, 1.807) is 6.07 Å². The van der Waals surface area contributed by atoms with Gasteiger partial charge in [0, 0.05) is 31.7 Å². The number of aryl methyl sites for hydroxylation is 2. The van der Waals surface area contributed by atoms with Crippen molar-refractivity contribution < 1.29 is 14.0 Å². The van der Waals surface area contributed by atoms with Crippen LogP contribution in [-0.4, -0.2) is 36.3 Å². The van der Waals surface area contributed by atoms with Crippen LogP contribution in [0.3, 0.4) is 0 Å². The molecule has 0 radical (unpaired) electrons. The zero-order chi connectivity index (χ0) is 17.3. The van der Waals surface area contributed by atoms with Gasteiger partial charge < -0.3 is 9.80 Å². The molecule has 130 valence electrons. The number of benzene rings is 1. The van der Waals surface area contributed by atoms with Crippen molar-refractivity contribution in [3.8, 4) is 0 Å². The highest BCUT2D eigenvalue weighted by atomic mass is 19.1. The van der Waals surface area contributed by atoms with E-state index < -0.39 is 0 Å². The predicted molar refractivity (Wildman–Crippen MR) is 91.4 cm³/mol. The normalized spacial score (nSPS) is 20.7. The van der Waals surface area contributed by atoms with E-state index in [1.165, 1.54) is 6.07 Å². The fourth-order valence-electron chi connectivity index (χ4n) is 3.99. The maximum atomic E-state index is 13.7. The number of amides is 2. The average molecular weight is 332 g/mol. The topological polar surface area (TPSA) is 40.6 Å². The lowest BCUT2D eigenvalue weighted by atomic mass is 9.92. The van der Waals surface area contributed by atoms with Gasteiger partial charge in [-0.1, -0.05) is 6.92 Å². The highest BCUT2D eigenvalue weighted by Crippen LogP contribution is 2.33. The van der Waals surface area contributed by atoms with Gasteiger partial charge in [-0.05, 0) is 55.9 Å². The van der Waals surface area contributed by atoms with Gasteiger partial charge in [-0.2, -0.15) is 0 Å². The molecule has 2 amide bonds. The average Bonchev–Trinajstić information content (AvgIpc) is 2.59. The van der Waals surface area contributed by atoms with Gasteiger partial charge in [0.25, 0.3) is 0 Å². The Morgan fingerprint density at radius 3 is 2.79 bits per heavy atom. The van der Waals surface area contributed by atoms with E-state index in [9.17, 15) is 14.0 Å². The van der Waals surface area contributed by atoms with Crippen molar-refractivity contribution in [1.29, 1.82) is 0 Å². The van der Waals surface area contributed by atoms with Crippen LogP contribution in [0.2, 0.25) is 0 Å². The summed E-state index contributed by atoms with van der Waals surface area (Å²) in [6.07, 6.45) is 3.82. The van der Waals surface area contributed by atoms with Gasteiger partial charge in [-0.3, -0.25) is 9.59 Å². The molecule has 1 fully saturated rings. The van der Waals surface area contributed by atoms with E-state index >= 15 is 0 Å². The highest BCUT2D eigenvalue weighted by Gasteiger charge is 2.33. The number of carbonyl (C=O) groups is 2. The summed E-state index contributed by atoms with van der Waals surface area (Å²) in [4.78, 5) is 28.7. The Labute approximate surface area is 142 Å². The Morgan fingerprint density at radius 1 is 1.25 bits per heavy atom. The van der Waals surface area contributed by atoms with Crippen molar-refractivity contribution in [2.75, 3.05) is 24.5 Å². The fourth-order valence-corrected chi connectivity index (χ4v) is 3.99. The second-order valence-corrected chi connectivity index (χ2v) is 6.86. The van der Waals surface area contributed by atoms with Crippen LogP contribution in [0, 0.1) is 18.7 Å². The lowest BCUT2D eigenvalue weighted by Gasteiger charge is -2.37. The second-order valence-electron chi connectivity index (χ2n) is 6.86. The molecular formula is C19H25FN2O2. The Morgan fingerprint density at radius 2 is 2.04 bits per heavy atom. The summed E-state index contributed by atoms with van der Waals surface area (Å²) < 4.78 is 13.7. The molecule has 0 aromatic heterocycles. The monoisotopic (exact) mass is 332 g/mol. The smallest absolute Gasteiger partial charge is 0.231 e. The molecule has 0 spiro atoms. The lowest BCUT2D eigenvalue weighted by Crippen LogP contribution is -2.48. The molecule has 0 bridgehead atoms. The van der Waals surface area contributed by atoms with Crippen LogP contribution in [0.4, 0.5) is 10.1 Å². The first-order valence-corrected chi connectivity index (χ1v) is 8.89. The largest absolute Gasteiger partial charge is 0.342 e. The van der Waals surface area contributed by atoms with E-state index in [1.807, 2.05) is 23.6 Å². The number of rotatable bonds is 2. The number of likely N-dealkylation sites (tertiary alicyclic amines) is 1. The van der Waals surface area contributed by atoms with Crippen molar-refractivity contribution in [3.63, 3.8) is 0 Å². The fraction of sp³-hybridized carbons (Fsp3) is 0.579. The SMILES string of the molecule is CCC(=O)N1CCCC(C(=O)N2CCCc3cc(F)cc(C)c32)C1. The molecule has 1 aromatic carbocycles. The Balaban J connectivity index is 1.83. The predicted octanol–water partition coefficient (Wildman–Crippen LogP) is 3.06. The van der Waals surface area contributed by atoms with Crippen LogP contribution < -0.4 is 4.90 Å². The summed E-state index contributed by atoms with van der Waals surface area (Å²) in [5.41, 5.74) is 2.62. The third kappa shape index (κ3) is 3.17. The zero-order valence-electron chi connectivity index (χ0n) is 14.5. The number of halogens is 1. The van der Waals surface area contributed by atoms with Gasteiger partial charge in [-0.25, -0.2) is 4.39 Å². The minimum absolute atomic E-state index is 0.0826. The number of hydrogen-bond acceptors (Lipinski definition) is 2. The highest BCUT2D eigenvalue weighted by molar-refractivity contribution is 5.97. The molecule has 2 heterocycles. The van der Waals surface area contributed by atoms with Crippen LogP contribution in [0.1, 0.15) is 43.7 Å². The number of anilines is 1. The van der Waals surface area contributed by atoms with Crippen LogP contribution in [0.25, 0.3) is 0 Å². The second kappa shape index (κ2) is 6.91. The van der Waals surface area contributed by atoms with Gasteiger partial charge in [0.2, 0.25) is 11.8 Å². The van der Waals surface area contributed by atoms with Gasteiger partial charge in [0.15, 0.2) is 0 Å². The van der Waals surface area contributed by atoms with Crippen molar-refractivity contribution in [2.45, 2.75) is 46.0 Å². The molecule has 0 N–H and O–H groups in total. The van der Waals surface area contributed by atoms with Crippen LogP contribution in [0.15, 0.2) is 12.1 Å². The lowest BCUT2D eigenvalue weighted by molar-refractivity contribution is -0.134. The van der Waals surface area contributed by atoms with Gasteiger partial charge >= 0.3 is 0 Å². The molecule has 1 saturated heterocycles. The zero-order valence-corrected chi connectivity index (χ0v) is 14.5. The van der Waals surface area contributed by atoms with E-state index in [4.69, 9.17) is 0 Å². The summed E-state index contributed by atoms with van der Waals surface area (Å²) in [6, 6.07) is 3.05. The number of piperidine rings is 1. The maximum absolute atomic E-state index is 13.7. The summed E-state index contributed by atoms with van der Waals surface area (Å²) in [7, 11) is 0. The van der Waals surface area contributed by atoms with Gasteiger partial charge in [-0.15, -0.1) is 0 Å². The molecule has 1 atom stereocenters. The van der Waals surface area contributed by atoms with Crippen molar-refractivity contribution in [3.05, 3.63) is 29.1 Å². The van der Waals surface area contributed by atoms with E-state index in [0.29, 0.717) is 19.5 Å². The molecule has 3 rings (SSSR count). The Hall–Kier alpha value is -1.91. The summed E-state index contributed by atoms with van der Waals surface area (Å²) in [5, 5.41) is 0. The first-order chi connectivity index (χ1) is 11.5. The first kappa shape index (κ1) is 16.9. The first-order valence-electron chi connectivity index (χ1n) is 8.89. The van der Waals surface area contributed by atoms with Crippen molar-refractivity contribution >= 4 is 17.5 Å². The minimum atomic E-state index is -0.238. The van der Waals surface area contributed by atoms with E-state index in [2.05, 4.69) is 0 Å². The van der Waals surface area contributed by atoms with Crippen molar-refractivity contribution in [1.82, 2.24) is 4.90 Å². The number of fused-ring (bicyclic) bond motifs is 1. The maximum Gasteiger partial charge on any atom is 0.231 e. The van der Waals surface area contributed by atoms with Gasteiger partial charge in [0.05, 0.1) is 5.92 Å². The number of hydrogen-bond donors (Lipinski definition) is 0. The molecular weight excluding hydrogens is 307 g/mol. The van der Waals surface area contributed by atoms with Crippen LogP contribution in [0.5, 0.6) is 0 Å². The van der Waals surface area contributed by atoms with Crippen molar-refractivity contribution in [2.24, 2.45) is 5.92 Å². The van der Waals surface area contributed by atoms with E-state index in [-0.39, 0.29) is 23.5 Å². The third-order valence-corrected chi connectivity index (χ3v) is 5.13.